The van der Waals surface area contributed by atoms with Gasteiger partial charge in [0.2, 0.25) is 0 Å². The average molecular weight is 284 g/mol. The first-order valence-electron chi connectivity index (χ1n) is 6.58. The zero-order chi connectivity index (χ0) is 15.1. The fraction of sp³-hybridized carbons (Fsp3) is 0.250. The van der Waals surface area contributed by atoms with Crippen molar-refractivity contribution in [3.63, 3.8) is 0 Å². The van der Waals surface area contributed by atoms with Crippen molar-refractivity contribution >= 4 is 5.91 Å². The summed E-state index contributed by atoms with van der Waals surface area (Å²) in [6.07, 6.45) is 3.74. The molecule has 1 atom stereocenters. The van der Waals surface area contributed by atoms with Gasteiger partial charge in [0.25, 0.3) is 5.91 Å². The third-order valence-electron chi connectivity index (χ3n) is 2.77. The molecule has 0 aliphatic rings. The maximum absolute atomic E-state index is 12.0. The van der Waals surface area contributed by atoms with Gasteiger partial charge in [-0.1, -0.05) is 11.8 Å². The smallest absolute Gasteiger partial charge is 0.270 e. The number of aliphatic hydroxyl groups excluding tert-OH is 1. The van der Waals surface area contributed by atoms with Crippen LogP contribution >= 0.6 is 0 Å². The van der Waals surface area contributed by atoms with Crippen LogP contribution in [-0.2, 0) is 6.42 Å². The number of hydrogen-bond donors (Lipinski definition) is 2. The van der Waals surface area contributed by atoms with Crippen LogP contribution in [0.1, 0.15) is 28.7 Å². The molecule has 2 aromatic rings. The molecule has 5 heteroatoms. The fourth-order valence-corrected chi connectivity index (χ4v) is 1.82. The molecule has 0 aliphatic heterocycles. The van der Waals surface area contributed by atoms with Crippen molar-refractivity contribution in [3.05, 3.63) is 53.7 Å². The van der Waals surface area contributed by atoms with Gasteiger partial charge in [0.1, 0.15) is 18.1 Å². The molecule has 0 aliphatic carbocycles. The standard InChI is InChI=1S/C16H16N2O3/c1-12(10-14-5-3-9-21-14)18-16(20)15-7-6-13(11-17-15)4-2-8-19/h3,5-7,9,11-12,19H,8,10H2,1H3,(H,18,20). The number of nitrogens with zero attached hydrogens (tertiary/aromatic N) is 1. The predicted molar refractivity (Wildman–Crippen MR) is 77.5 cm³/mol. The molecule has 2 rings (SSSR count). The number of rotatable bonds is 4. The second-order valence-electron chi connectivity index (χ2n) is 4.55. The Labute approximate surface area is 123 Å². The molecule has 1 unspecified atom stereocenters. The molecular weight excluding hydrogens is 268 g/mol. The van der Waals surface area contributed by atoms with Crippen LogP contribution in [0.2, 0.25) is 0 Å². The van der Waals surface area contributed by atoms with Gasteiger partial charge in [-0.3, -0.25) is 4.79 Å². The summed E-state index contributed by atoms with van der Waals surface area (Å²) in [5, 5.41) is 11.5. The summed E-state index contributed by atoms with van der Waals surface area (Å²) in [6, 6.07) is 6.94. The van der Waals surface area contributed by atoms with E-state index < -0.39 is 0 Å². The zero-order valence-electron chi connectivity index (χ0n) is 11.7. The van der Waals surface area contributed by atoms with Crippen LogP contribution in [0, 0.1) is 11.8 Å². The predicted octanol–water partition coefficient (Wildman–Crippen LogP) is 1.38. The van der Waals surface area contributed by atoms with Crippen molar-refractivity contribution in [1.29, 1.82) is 0 Å². The van der Waals surface area contributed by atoms with Crippen molar-refractivity contribution in [3.8, 4) is 11.8 Å². The van der Waals surface area contributed by atoms with Crippen LogP contribution in [0.5, 0.6) is 0 Å². The summed E-state index contributed by atoms with van der Waals surface area (Å²) in [4.78, 5) is 16.1. The van der Waals surface area contributed by atoms with Gasteiger partial charge in [-0.15, -0.1) is 0 Å². The van der Waals surface area contributed by atoms with Crippen LogP contribution in [0.4, 0.5) is 0 Å². The monoisotopic (exact) mass is 284 g/mol. The van der Waals surface area contributed by atoms with Gasteiger partial charge in [-0.05, 0) is 31.2 Å². The SMILES string of the molecule is CC(Cc1ccco1)NC(=O)c1ccc(C#CCO)cn1. The van der Waals surface area contributed by atoms with E-state index in [0.29, 0.717) is 17.7 Å². The lowest BCUT2D eigenvalue weighted by molar-refractivity contribution is 0.0934. The third kappa shape index (κ3) is 4.48. The maximum Gasteiger partial charge on any atom is 0.270 e. The Bertz CT molecular complexity index is 636. The van der Waals surface area contributed by atoms with E-state index in [-0.39, 0.29) is 18.6 Å². The first-order chi connectivity index (χ1) is 10.2. The van der Waals surface area contributed by atoms with Gasteiger partial charge < -0.3 is 14.8 Å². The van der Waals surface area contributed by atoms with E-state index in [1.54, 1.807) is 18.4 Å². The van der Waals surface area contributed by atoms with Crippen LogP contribution in [0.15, 0.2) is 41.1 Å². The van der Waals surface area contributed by atoms with E-state index in [1.165, 1.54) is 6.20 Å². The molecule has 108 valence electrons. The average Bonchev–Trinajstić information content (AvgIpc) is 2.98. The van der Waals surface area contributed by atoms with Gasteiger partial charge in [0.05, 0.1) is 6.26 Å². The Morgan fingerprint density at radius 1 is 1.48 bits per heavy atom. The topological polar surface area (TPSA) is 75.4 Å². The first-order valence-corrected chi connectivity index (χ1v) is 6.58. The highest BCUT2D eigenvalue weighted by molar-refractivity contribution is 5.92. The Hall–Kier alpha value is -2.58. The van der Waals surface area contributed by atoms with Gasteiger partial charge in [0, 0.05) is 24.2 Å². The van der Waals surface area contributed by atoms with E-state index in [4.69, 9.17) is 9.52 Å². The molecule has 21 heavy (non-hydrogen) atoms. The third-order valence-corrected chi connectivity index (χ3v) is 2.77. The molecular formula is C16H16N2O3. The first kappa shape index (κ1) is 14.8. The highest BCUT2D eigenvalue weighted by atomic mass is 16.3. The highest BCUT2D eigenvalue weighted by Crippen LogP contribution is 2.05. The quantitative estimate of drug-likeness (QED) is 0.832. The molecule has 0 bridgehead atoms. The fourth-order valence-electron chi connectivity index (χ4n) is 1.82. The normalized spacial score (nSPS) is 11.3. The van der Waals surface area contributed by atoms with Crippen LogP contribution in [0.3, 0.4) is 0 Å². The number of pyridine rings is 1. The number of furan rings is 1. The largest absolute Gasteiger partial charge is 0.469 e. The van der Waals surface area contributed by atoms with Gasteiger partial charge in [-0.25, -0.2) is 4.98 Å². The summed E-state index contributed by atoms with van der Waals surface area (Å²) < 4.78 is 5.24. The summed E-state index contributed by atoms with van der Waals surface area (Å²) in [6.45, 7) is 1.70. The minimum absolute atomic E-state index is 0.0562. The molecule has 0 spiro atoms. The van der Waals surface area contributed by atoms with Crippen LogP contribution < -0.4 is 5.32 Å². The van der Waals surface area contributed by atoms with Crippen molar-refractivity contribution in [2.75, 3.05) is 6.61 Å². The van der Waals surface area contributed by atoms with E-state index in [0.717, 1.165) is 5.76 Å². The Balaban J connectivity index is 1.93. The van der Waals surface area contributed by atoms with Gasteiger partial charge in [-0.2, -0.15) is 0 Å². The molecule has 0 saturated carbocycles. The Morgan fingerprint density at radius 3 is 2.95 bits per heavy atom. The minimum atomic E-state index is -0.240. The van der Waals surface area contributed by atoms with Gasteiger partial charge >= 0.3 is 0 Å². The summed E-state index contributed by atoms with van der Waals surface area (Å²) in [5.41, 5.74) is 0.986. The second-order valence-corrected chi connectivity index (χ2v) is 4.55. The number of carbonyl (C=O) groups is 1. The molecule has 0 radical (unpaired) electrons. The zero-order valence-corrected chi connectivity index (χ0v) is 11.7. The second kappa shape index (κ2) is 7.27. The van der Waals surface area contributed by atoms with E-state index in [2.05, 4.69) is 22.1 Å². The lowest BCUT2D eigenvalue weighted by Crippen LogP contribution is -2.34. The number of aliphatic hydroxyl groups is 1. The van der Waals surface area contributed by atoms with E-state index in [9.17, 15) is 4.79 Å². The summed E-state index contributed by atoms with van der Waals surface area (Å²) in [5.74, 6) is 5.83. The summed E-state index contributed by atoms with van der Waals surface area (Å²) >= 11 is 0. The molecule has 0 aromatic carbocycles. The Morgan fingerprint density at radius 2 is 2.33 bits per heavy atom. The molecule has 0 saturated heterocycles. The Kier molecular flexibility index (Phi) is 5.13. The molecule has 1 amide bonds. The van der Waals surface area contributed by atoms with Crippen molar-refractivity contribution < 1.29 is 14.3 Å². The van der Waals surface area contributed by atoms with E-state index >= 15 is 0 Å². The number of hydrogen-bond acceptors (Lipinski definition) is 4. The van der Waals surface area contributed by atoms with Crippen molar-refractivity contribution in [1.82, 2.24) is 10.3 Å². The number of amides is 1. The lowest BCUT2D eigenvalue weighted by Gasteiger charge is -2.12. The highest BCUT2D eigenvalue weighted by Gasteiger charge is 2.12. The molecule has 0 fully saturated rings. The molecule has 5 nitrogen and oxygen atoms in total. The number of carbonyl (C=O) groups excluding carboxylic acids is 1. The molecule has 2 N–H and O–H groups in total. The van der Waals surface area contributed by atoms with Gasteiger partial charge in [0.15, 0.2) is 0 Å². The maximum atomic E-state index is 12.0. The van der Waals surface area contributed by atoms with E-state index in [1.807, 2.05) is 19.1 Å². The molecule has 2 heterocycles. The summed E-state index contributed by atoms with van der Waals surface area (Å²) in [7, 11) is 0. The van der Waals surface area contributed by atoms with Crippen LogP contribution in [0.25, 0.3) is 0 Å². The lowest BCUT2D eigenvalue weighted by atomic mass is 10.2. The number of nitrogens with one attached hydrogen (secondary N) is 1. The van der Waals surface area contributed by atoms with Crippen molar-refractivity contribution in [2.45, 2.75) is 19.4 Å². The van der Waals surface area contributed by atoms with Crippen LogP contribution in [-0.4, -0.2) is 28.6 Å². The van der Waals surface area contributed by atoms with Crippen molar-refractivity contribution in [2.24, 2.45) is 0 Å². The minimum Gasteiger partial charge on any atom is -0.469 e. The molecule has 2 aromatic heterocycles. The number of aromatic nitrogens is 1.